The third-order valence-corrected chi connectivity index (χ3v) is 3.54. The second kappa shape index (κ2) is 6.39. The number of hydrogen-bond donors (Lipinski definition) is 2. The highest BCUT2D eigenvalue weighted by atomic mass is 16.1. The Bertz CT molecular complexity index is 789. The van der Waals surface area contributed by atoms with Crippen LogP contribution in [0.4, 0.5) is 0 Å². The maximum atomic E-state index is 12.2. The lowest BCUT2D eigenvalue weighted by Crippen LogP contribution is -2.23. The number of nitrogens with one attached hydrogen (secondary N) is 2. The number of carbonyl (C=O) groups excluding carboxylic acids is 1. The molecule has 5 nitrogen and oxygen atoms in total. The van der Waals surface area contributed by atoms with Gasteiger partial charge in [0.25, 0.3) is 5.91 Å². The first-order valence-corrected chi connectivity index (χ1v) is 7.43. The molecule has 1 amide bonds. The molecular formula is C17H18N4O. The average Bonchev–Trinajstić information content (AvgIpc) is 3.02. The Morgan fingerprint density at radius 1 is 1.27 bits per heavy atom. The topological polar surface area (TPSA) is 70.7 Å². The standard InChI is InChI=1S/C17H18N4O/c1-2-5-14-10-15(21-20-14)17(22)19-11-13-7-3-6-12-8-4-9-18-16(12)13/h3-4,6-10H,2,5,11H2,1H3,(H,19,22)(H,20,21). The molecule has 3 aromatic rings. The van der Waals surface area contributed by atoms with E-state index in [0.29, 0.717) is 12.2 Å². The molecule has 2 heterocycles. The fourth-order valence-electron chi connectivity index (χ4n) is 2.45. The molecule has 0 unspecified atom stereocenters. The van der Waals surface area contributed by atoms with Gasteiger partial charge in [-0.25, -0.2) is 0 Å². The maximum Gasteiger partial charge on any atom is 0.272 e. The third kappa shape index (κ3) is 2.98. The van der Waals surface area contributed by atoms with E-state index in [0.717, 1.165) is 35.0 Å². The van der Waals surface area contributed by atoms with Crippen molar-refractivity contribution in [3.05, 3.63) is 59.5 Å². The lowest BCUT2D eigenvalue weighted by atomic mass is 10.1. The van der Waals surface area contributed by atoms with Crippen molar-refractivity contribution in [1.82, 2.24) is 20.5 Å². The quantitative estimate of drug-likeness (QED) is 0.760. The van der Waals surface area contributed by atoms with Gasteiger partial charge in [0, 0.05) is 23.8 Å². The van der Waals surface area contributed by atoms with Crippen molar-refractivity contribution < 1.29 is 4.79 Å². The van der Waals surface area contributed by atoms with Gasteiger partial charge >= 0.3 is 0 Å². The molecule has 2 aromatic heterocycles. The van der Waals surface area contributed by atoms with E-state index in [1.165, 1.54) is 0 Å². The summed E-state index contributed by atoms with van der Waals surface area (Å²) >= 11 is 0. The molecule has 0 radical (unpaired) electrons. The Labute approximate surface area is 128 Å². The molecule has 0 fully saturated rings. The average molecular weight is 294 g/mol. The fourth-order valence-corrected chi connectivity index (χ4v) is 2.45. The molecule has 0 saturated carbocycles. The van der Waals surface area contributed by atoms with E-state index in [-0.39, 0.29) is 5.91 Å². The molecule has 0 aliphatic rings. The zero-order valence-electron chi connectivity index (χ0n) is 12.5. The van der Waals surface area contributed by atoms with E-state index in [2.05, 4.69) is 27.4 Å². The molecule has 0 spiro atoms. The number of aromatic nitrogens is 3. The van der Waals surface area contributed by atoms with Gasteiger partial charge in [0.05, 0.1) is 5.52 Å². The summed E-state index contributed by atoms with van der Waals surface area (Å²) in [6.45, 7) is 2.53. The number of aromatic amines is 1. The van der Waals surface area contributed by atoms with Crippen LogP contribution in [0.1, 0.15) is 35.1 Å². The van der Waals surface area contributed by atoms with Gasteiger partial charge in [0.15, 0.2) is 0 Å². The van der Waals surface area contributed by atoms with Gasteiger partial charge < -0.3 is 5.32 Å². The number of H-pyrrole nitrogens is 1. The van der Waals surface area contributed by atoms with Gasteiger partial charge in [-0.15, -0.1) is 0 Å². The molecule has 0 aliphatic carbocycles. The summed E-state index contributed by atoms with van der Waals surface area (Å²) in [5, 5.41) is 10.9. The molecule has 22 heavy (non-hydrogen) atoms. The minimum Gasteiger partial charge on any atom is -0.346 e. The van der Waals surface area contributed by atoms with Gasteiger partial charge in [0.2, 0.25) is 0 Å². The molecule has 0 aliphatic heterocycles. The Morgan fingerprint density at radius 3 is 3.00 bits per heavy atom. The van der Waals surface area contributed by atoms with Crippen LogP contribution < -0.4 is 5.32 Å². The maximum absolute atomic E-state index is 12.2. The van der Waals surface area contributed by atoms with Crippen LogP contribution in [0, 0.1) is 0 Å². The highest BCUT2D eigenvalue weighted by molar-refractivity contribution is 5.92. The third-order valence-electron chi connectivity index (χ3n) is 3.54. The van der Waals surface area contributed by atoms with Crippen molar-refractivity contribution in [1.29, 1.82) is 0 Å². The minimum atomic E-state index is -0.175. The summed E-state index contributed by atoms with van der Waals surface area (Å²) in [7, 11) is 0. The zero-order valence-corrected chi connectivity index (χ0v) is 12.5. The van der Waals surface area contributed by atoms with E-state index in [1.807, 2.05) is 30.3 Å². The lowest BCUT2D eigenvalue weighted by molar-refractivity contribution is 0.0946. The summed E-state index contributed by atoms with van der Waals surface area (Å²) in [6.07, 6.45) is 3.68. The number of para-hydroxylation sites is 1. The first-order chi connectivity index (χ1) is 10.8. The summed E-state index contributed by atoms with van der Waals surface area (Å²) in [4.78, 5) is 16.5. The van der Waals surface area contributed by atoms with Crippen molar-refractivity contribution in [2.45, 2.75) is 26.3 Å². The highest BCUT2D eigenvalue weighted by Gasteiger charge is 2.10. The molecule has 0 atom stereocenters. The number of carbonyl (C=O) groups is 1. The number of nitrogens with zero attached hydrogens (tertiary/aromatic N) is 2. The van der Waals surface area contributed by atoms with Crippen LogP contribution in [-0.4, -0.2) is 21.1 Å². The Kier molecular flexibility index (Phi) is 4.14. The first-order valence-electron chi connectivity index (χ1n) is 7.43. The second-order valence-electron chi connectivity index (χ2n) is 5.20. The van der Waals surface area contributed by atoms with Crippen molar-refractivity contribution in [2.75, 3.05) is 0 Å². The van der Waals surface area contributed by atoms with Crippen molar-refractivity contribution in [2.24, 2.45) is 0 Å². The monoisotopic (exact) mass is 294 g/mol. The summed E-state index contributed by atoms with van der Waals surface area (Å²) in [6, 6.07) is 11.7. The van der Waals surface area contributed by atoms with E-state index >= 15 is 0 Å². The van der Waals surface area contributed by atoms with Crippen molar-refractivity contribution in [3.8, 4) is 0 Å². The molecule has 0 bridgehead atoms. The predicted molar refractivity (Wildman–Crippen MR) is 85.5 cm³/mol. The minimum absolute atomic E-state index is 0.175. The van der Waals surface area contributed by atoms with Crippen LogP contribution in [-0.2, 0) is 13.0 Å². The molecule has 2 N–H and O–H groups in total. The number of aryl methyl sites for hydroxylation is 1. The second-order valence-corrected chi connectivity index (χ2v) is 5.20. The Balaban J connectivity index is 1.72. The summed E-state index contributed by atoms with van der Waals surface area (Å²) in [5.41, 5.74) is 3.32. The van der Waals surface area contributed by atoms with Crippen LogP contribution in [0.15, 0.2) is 42.6 Å². The molecule has 5 heteroatoms. The van der Waals surface area contributed by atoms with E-state index < -0.39 is 0 Å². The van der Waals surface area contributed by atoms with Gasteiger partial charge in [0.1, 0.15) is 5.69 Å². The number of hydrogen-bond acceptors (Lipinski definition) is 3. The normalized spacial score (nSPS) is 10.8. The van der Waals surface area contributed by atoms with Crippen molar-refractivity contribution >= 4 is 16.8 Å². The first kappa shape index (κ1) is 14.3. The largest absolute Gasteiger partial charge is 0.346 e. The Morgan fingerprint density at radius 2 is 2.14 bits per heavy atom. The van der Waals surface area contributed by atoms with Crippen LogP contribution in [0.2, 0.25) is 0 Å². The van der Waals surface area contributed by atoms with E-state index in [1.54, 1.807) is 12.3 Å². The molecule has 0 saturated heterocycles. The van der Waals surface area contributed by atoms with Crippen molar-refractivity contribution in [3.63, 3.8) is 0 Å². The van der Waals surface area contributed by atoms with Crippen LogP contribution in [0.5, 0.6) is 0 Å². The Hall–Kier alpha value is -2.69. The number of fused-ring (bicyclic) bond motifs is 1. The zero-order chi connectivity index (χ0) is 15.4. The number of pyridine rings is 1. The summed E-state index contributed by atoms with van der Waals surface area (Å²) in [5.74, 6) is -0.175. The van der Waals surface area contributed by atoms with E-state index in [4.69, 9.17) is 0 Å². The predicted octanol–water partition coefficient (Wildman–Crippen LogP) is 2.84. The number of benzene rings is 1. The number of rotatable bonds is 5. The highest BCUT2D eigenvalue weighted by Crippen LogP contribution is 2.15. The lowest BCUT2D eigenvalue weighted by Gasteiger charge is -2.06. The van der Waals surface area contributed by atoms with Gasteiger partial charge in [-0.2, -0.15) is 5.10 Å². The molecule has 112 valence electrons. The van der Waals surface area contributed by atoms with Crippen LogP contribution >= 0.6 is 0 Å². The van der Waals surface area contributed by atoms with E-state index in [9.17, 15) is 4.79 Å². The number of amides is 1. The molecule has 1 aromatic carbocycles. The molecular weight excluding hydrogens is 276 g/mol. The summed E-state index contributed by atoms with van der Waals surface area (Å²) < 4.78 is 0. The van der Waals surface area contributed by atoms with Crippen LogP contribution in [0.3, 0.4) is 0 Å². The van der Waals surface area contributed by atoms with Gasteiger partial charge in [-0.3, -0.25) is 14.9 Å². The molecule has 3 rings (SSSR count). The smallest absolute Gasteiger partial charge is 0.272 e. The SMILES string of the molecule is CCCc1cc(C(=O)NCc2cccc3cccnc23)n[nH]1. The van der Waals surface area contributed by atoms with Crippen LogP contribution in [0.25, 0.3) is 10.9 Å². The fraction of sp³-hybridized carbons (Fsp3) is 0.235. The van der Waals surface area contributed by atoms with Gasteiger partial charge in [-0.05, 0) is 24.1 Å². The van der Waals surface area contributed by atoms with Gasteiger partial charge in [-0.1, -0.05) is 37.6 Å².